The van der Waals surface area contributed by atoms with E-state index in [9.17, 15) is 4.79 Å². The summed E-state index contributed by atoms with van der Waals surface area (Å²) in [5.41, 5.74) is 3.24. The molecular weight excluding hydrogens is 470 g/mol. The van der Waals surface area contributed by atoms with Crippen molar-refractivity contribution in [2.45, 2.75) is 13.5 Å². The van der Waals surface area contributed by atoms with Crippen LogP contribution in [0.3, 0.4) is 0 Å². The summed E-state index contributed by atoms with van der Waals surface area (Å²) in [6.45, 7) is 2.71. The second-order valence-corrected chi connectivity index (χ2v) is 7.84. The number of nitrogens with zero attached hydrogens (tertiary/aromatic N) is 6. The Balaban J connectivity index is 1.59. The number of amides is 2. The number of methoxy groups -OCH3 is 3. The van der Waals surface area contributed by atoms with Crippen molar-refractivity contribution in [3.05, 3.63) is 48.4 Å². The predicted octanol–water partition coefficient (Wildman–Crippen LogP) is 3.66. The fourth-order valence-electron chi connectivity index (χ4n) is 3.47. The third-order valence-electron chi connectivity index (χ3n) is 5.22. The number of carbonyl (C=O) groups is 1. The molecule has 11 nitrogen and oxygen atoms in total. The molecular formula is C23H25N7O4S. The molecule has 0 unspecified atom stereocenters. The molecule has 0 aliphatic rings. The van der Waals surface area contributed by atoms with Crippen LogP contribution in [0.1, 0.15) is 12.5 Å². The van der Waals surface area contributed by atoms with Crippen molar-refractivity contribution in [2.24, 2.45) is 0 Å². The van der Waals surface area contributed by atoms with E-state index in [2.05, 4.69) is 38.2 Å². The molecule has 0 saturated carbocycles. The average Bonchev–Trinajstić information content (AvgIpc) is 3.35. The molecule has 3 heterocycles. The lowest BCUT2D eigenvalue weighted by Crippen LogP contribution is -2.27. The van der Waals surface area contributed by atoms with Gasteiger partial charge in [-0.2, -0.15) is 5.10 Å². The summed E-state index contributed by atoms with van der Waals surface area (Å²) in [7, 11) is 4.73. The van der Waals surface area contributed by atoms with Crippen molar-refractivity contribution in [2.75, 3.05) is 33.2 Å². The molecule has 2 amide bonds. The molecule has 35 heavy (non-hydrogen) atoms. The standard InChI is InChI=1S/C23H25N7O4S/c1-5-30(35)23(31)28-19-9-7-16-22(27-19)26-17(11-24-16)15-10-25-29(13-15)12-14-6-8-18(32-2)21(34-4)20(14)33-3/h6-11,13,35H,5,12H2,1-4H3,(H,26,27,28,31). The number of anilines is 1. The first kappa shape index (κ1) is 24.1. The van der Waals surface area contributed by atoms with Crippen molar-refractivity contribution in [3.63, 3.8) is 0 Å². The van der Waals surface area contributed by atoms with Crippen LogP contribution in [0.25, 0.3) is 22.4 Å². The topological polar surface area (TPSA) is 117 Å². The molecule has 0 fully saturated rings. The van der Waals surface area contributed by atoms with E-state index >= 15 is 0 Å². The highest BCUT2D eigenvalue weighted by atomic mass is 32.1. The van der Waals surface area contributed by atoms with E-state index in [1.807, 2.05) is 25.3 Å². The van der Waals surface area contributed by atoms with Gasteiger partial charge >= 0.3 is 6.03 Å². The number of hydrogen-bond acceptors (Lipinski definition) is 9. The second kappa shape index (κ2) is 10.5. The summed E-state index contributed by atoms with van der Waals surface area (Å²) in [6, 6.07) is 6.77. The predicted molar refractivity (Wildman–Crippen MR) is 134 cm³/mol. The summed E-state index contributed by atoms with van der Waals surface area (Å²) in [5, 5.41) is 7.14. The molecule has 4 aromatic rings. The maximum absolute atomic E-state index is 12.1. The molecule has 0 aliphatic carbocycles. The molecule has 182 valence electrons. The number of thiol groups is 1. The Morgan fingerprint density at radius 1 is 1.06 bits per heavy atom. The number of nitrogens with one attached hydrogen (secondary N) is 1. The van der Waals surface area contributed by atoms with Gasteiger partial charge in [0.05, 0.1) is 46.0 Å². The molecule has 0 saturated heterocycles. The van der Waals surface area contributed by atoms with Crippen LogP contribution in [0.5, 0.6) is 17.2 Å². The lowest BCUT2D eigenvalue weighted by atomic mass is 10.1. The summed E-state index contributed by atoms with van der Waals surface area (Å²) in [4.78, 5) is 25.5. The number of pyridine rings is 1. The van der Waals surface area contributed by atoms with Gasteiger partial charge in [-0.25, -0.2) is 14.8 Å². The lowest BCUT2D eigenvalue weighted by molar-refractivity contribution is 0.240. The fourth-order valence-corrected chi connectivity index (χ4v) is 3.52. The Bertz CT molecular complexity index is 1360. The highest BCUT2D eigenvalue weighted by Gasteiger charge is 2.17. The minimum absolute atomic E-state index is 0.359. The summed E-state index contributed by atoms with van der Waals surface area (Å²) >= 11 is 4.10. The van der Waals surface area contributed by atoms with Gasteiger partial charge in [0, 0.05) is 23.9 Å². The Labute approximate surface area is 207 Å². The van der Waals surface area contributed by atoms with Gasteiger partial charge in [0.15, 0.2) is 17.1 Å². The van der Waals surface area contributed by atoms with E-state index in [0.29, 0.717) is 53.0 Å². The van der Waals surface area contributed by atoms with Gasteiger partial charge in [0.2, 0.25) is 5.75 Å². The van der Waals surface area contributed by atoms with Gasteiger partial charge in [-0.05, 0) is 31.2 Å². The van der Waals surface area contributed by atoms with Gasteiger partial charge in [0.25, 0.3) is 0 Å². The van der Waals surface area contributed by atoms with Crippen LogP contribution >= 0.6 is 12.8 Å². The molecule has 1 N–H and O–H groups in total. The first-order chi connectivity index (χ1) is 17.0. The fraction of sp³-hybridized carbons (Fsp3) is 0.261. The SMILES string of the molecule is CCN(S)C(=O)Nc1ccc2ncc(-c3cnn(Cc4ccc(OC)c(OC)c4OC)c3)nc2n1. The zero-order valence-corrected chi connectivity index (χ0v) is 20.6. The van der Waals surface area contributed by atoms with Gasteiger partial charge in [-0.3, -0.25) is 19.3 Å². The zero-order chi connectivity index (χ0) is 24.9. The number of fused-ring (bicyclic) bond motifs is 1. The van der Waals surface area contributed by atoms with Gasteiger partial charge in [0.1, 0.15) is 11.3 Å². The van der Waals surface area contributed by atoms with E-state index in [1.54, 1.807) is 50.5 Å². The van der Waals surface area contributed by atoms with E-state index in [4.69, 9.17) is 14.2 Å². The average molecular weight is 496 g/mol. The molecule has 1 aromatic carbocycles. The van der Waals surface area contributed by atoms with Gasteiger partial charge in [-0.15, -0.1) is 0 Å². The molecule has 4 rings (SSSR count). The highest BCUT2D eigenvalue weighted by molar-refractivity contribution is 7.78. The number of benzene rings is 1. The van der Waals surface area contributed by atoms with Crippen LogP contribution in [-0.4, -0.2) is 62.9 Å². The molecule has 0 atom stereocenters. The second-order valence-electron chi connectivity index (χ2n) is 7.36. The normalized spacial score (nSPS) is 10.8. The monoisotopic (exact) mass is 495 g/mol. The van der Waals surface area contributed by atoms with E-state index in [1.165, 1.54) is 4.31 Å². The van der Waals surface area contributed by atoms with Crippen LogP contribution in [0.15, 0.2) is 42.9 Å². The van der Waals surface area contributed by atoms with Crippen molar-refractivity contribution in [1.29, 1.82) is 0 Å². The lowest BCUT2D eigenvalue weighted by Gasteiger charge is -2.15. The van der Waals surface area contributed by atoms with Crippen LogP contribution in [0, 0.1) is 0 Å². The van der Waals surface area contributed by atoms with Crippen molar-refractivity contribution in [3.8, 4) is 28.5 Å². The minimum Gasteiger partial charge on any atom is -0.493 e. The third-order valence-corrected chi connectivity index (χ3v) is 5.69. The quantitative estimate of drug-likeness (QED) is 0.356. The van der Waals surface area contributed by atoms with E-state index < -0.39 is 0 Å². The van der Waals surface area contributed by atoms with Crippen LogP contribution in [0.4, 0.5) is 10.6 Å². The van der Waals surface area contributed by atoms with Crippen LogP contribution in [-0.2, 0) is 6.54 Å². The van der Waals surface area contributed by atoms with Crippen molar-refractivity contribution < 1.29 is 19.0 Å². The Morgan fingerprint density at radius 2 is 1.86 bits per heavy atom. The van der Waals surface area contributed by atoms with E-state index in [-0.39, 0.29) is 6.03 Å². The Hall–Kier alpha value is -4.06. The maximum atomic E-state index is 12.1. The molecule has 0 radical (unpaired) electrons. The first-order valence-corrected chi connectivity index (χ1v) is 11.1. The van der Waals surface area contributed by atoms with Gasteiger partial charge < -0.3 is 14.2 Å². The van der Waals surface area contributed by atoms with E-state index in [0.717, 1.165) is 11.1 Å². The molecule has 12 heteroatoms. The highest BCUT2D eigenvalue weighted by Crippen LogP contribution is 2.40. The number of aromatic nitrogens is 5. The summed E-state index contributed by atoms with van der Waals surface area (Å²) in [6.07, 6.45) is 5.22. The molecule has 3 aromatic heterocycles. The van der Waals surface area contributed by atoms with Crippen molar-refractivity contribution >= 4 is 35.8 Å². The Kier molecular flexibility index (Phi) is 7.20. The third kappa shape index (κ3) is 5.06. The molecule has 0 aliphatic heterocycles. The smallest absolute Gasteiger partial charge is 0.332 e. The number of carbonyl (C=O) groups excluding carboxylic acids is 1. The summed E-state index contributed by atoms with van der Waals surface area (Å²) in [5.74, 6) is 2.04. The minimum atomic E-state index is -0.376. The number of rotatable bonds is 8. The number of ether oxygens (including phenoxy) is 3. The van der Waals surface area contributed by atoms with Crippen molar-refractivity contribution in [1.82, 2.24) is 29.0 Å². The van der Waals surface area contributed by atoms with Crippen LogP contribution < -0.4 is 19.5 Å². The largest absolute Gasteiger partial charge is 0.493 e. The molecule has 0 spiro atoms. The first-order valence-electron chi connectivity index (χ1n) is 10.7. The number of hydrogen-bond donors (Lipinski definition) is 2. The number of urea groups is 1. The van der Waals surface area contributed by atoms with Gasteiger partial charge in [-0.1, -0.05) is 12.8 Å². The zero-order valence-electron chi connectivity index (χ0n) is 19.7. The molecule has 0 bridgehead atoms. The maximum Gasteiger partial charge on any atom is 0.332 e. The summed E-state index contributed by atoms with van der Waals surface area (Å²) < 4.78 is 19.4. The van der Waals surface area contributed by atoms with Crippen LogP contribution in [0.2, 0.25) is 0 Å². The Morgan fingerprint density at radius 3 is 2.57 bits per heavy atom.